The van der Waals surface area contributed by atoms with Crippen LogP contribution in [0.25, 0.3) is 11.1 Å². The zero-order valence-corrected chi connectivity index (χ0v) is 30.2. The minimum absolute atomic E-state index is 0.138. The number of ether oxygens (including phenoxy) is 1. The van der Waals surface area contributed by atoms with Gasteiger partial charge in [0, 0.05) is 28.7 Å². The molecular formula is C41H66O4. The lowest BCUT2D eigenvalue weighted by Crippen LogP contribution is -2.23. The third kappa shape index (κ3) is 12.7. The van der Waals surface area contributed by atoms with Crippen LogP contribution in [0, 0.1) is 0 Å². The summed E-state index contributed by atoms with van der Waals surface area (Å²) in [5.74, 6) is 0.658. The highest BCUT2D eigenvalue weighted by Crippen LogP contribution is 2.52. The van der Waals surface area contributed by atoms with Crippen molar-refractivity contribution in [2.75, 3.05) is 0 Å². The number of unbranched alkanes of at least 4 members (excludes halogenated alkanes) is 15. The van der Waals surface area contributed by atoms with Crippen LogP contribution < -0.4 is 4.74 Å². The van der Waals surface area contributed by atoms with E-state index >= 15 is 0 Å². The van der Waals surface area contributed by atoms with Crippen LogP contribution >= 0.6 is 0 Å². The van der Waals surface area contributed by atoms with Gasteiger partial charge in [-0.25, -0.2) is 0 Å². The minimum Gasteiger partial charge on any atom is -0.508 e. The largest absolute Gasteiger partial charge is 0.508 e. The highest BCUT2D eigenvalue weighted by molar-refractivity contribution is 5.85. The second-order valence-corrected chi connectivity index (χ2v) is 15.2. The van der Waals surface area contributed by atoms with E-state index in [-0.39, 0.29) is 29.3 Å². The number of phenols is 2. The third-order valence-corrected chi connectivity index (χ3v) is 8.95. The molecule has 0 amide bonds. The van der Waals surface area contributed by atoms with Crippen LogP contribution in [0.1, 0.15) is 181 Å². The summed E-state index contributed by atoms with van der Waals surface area (Å²) < 4.78 is 6.19. The van der Waals surface area contributed by atoms with Gasteiger partial charge in [0.2, 0.25) is 0 Å². The molecule has 254 valence electrons. The van der Waals surface area contributed by atoms with Gasteiger partial charge in [-0.05, 0) is 41.4 Å². The second-order valence-electron chi connectivity index (χ2n) is 15.2. The Hall–Kier alpha value is -2.49. The van der Waals surface area contributed by atoms with Crippen LogP contribution in [0.5, 0.6) is 17.2 Å². The smallest absolute Gasteiger partial charge is 0.310 e. The maximum atomic E-state index is 12.9. The van der Waals surface area contributed by atoms with Crippen LogP contribution in [0.4, 0.5) is 0 Å². The summed E-state index contributed by atoms with van der Waals surface area (Å²) in [5, 5.41) is 22.4. The predicted octanol–water partition coefficient (Wildman–Crippen LogP) is 12.5. The Morgan fingerprint density at radius 1 is 0.667 bits per heavy atom. The molecule has 2 N–H and O–H groups in total. The van der Waals surface area contributed by atoms with Crippen molar-refractivity contribution in [3.8, 4) is 28.4 Å². The predicted molar refractivity (Wildman–Crippen MR) is 192 cm³/mol. The normalized spacial score (nSPS) is 12.1. The fraction of sp³-hybridized carbons (Fsp3) is 0.683. The highest BCUT2D eigenvalue weighted by atomic mass is 16.5. The number of carbonyl (C=O) groups is 1. The zero-order valence-electron chi connectivity index (χ0n) is 30.2. The minimum atomic E-state index is -0.439. The average molecular weight is 623 g/mol. The van der Waals surface area contributed by atoms with E-state index in [9.17, 15) is 15.0 Å². The number of hydrogen-bond acceptors (Lipinski definition) is 4. The zero-order chi connectivity index (χ0) is 33.5. The molecule has 4 nitrogen and oxygen atoms in total. The van der Waals surface area contributed by atoms with E-state index in [0.29, 0.717) is 11.3 Å². The molecule has 0 saturated carbocycles. The van der Waals surface area contributed by atoms with E-state index in [0.717, 1.165) is 41.5 Å². The SMILES string of the molecule is CCCCCCCCCCCCCCCCCCc1c(OC(=O)CC)c(-c2cccc(O)c2)c(C(C)(C)C)c(O)c1C(C)(C)C. The molecule has 0 atom stereocenters. The molecule has 2 rings (SSSR count). The maximum Gasteiger partial charge on any atom is 0.310 e. The summed E-state index contributed by atoms with van der Waals surface area (Å²) in [6, 6.07) is 7.05. The highest BCUT2D eigenvalue weighted by Gasteiger charge is 2.36. The lowest BCUT2D eigenvalue weighted by molar-refractivity contribution is -0.134. The number of carbonyl (C=O) groups excluding carboxylic acids is 1. The van der Waals surface area contributed by atoms with Gasteiger partial charge in [0.1, 0.15) is 17.2 Å². The molecule has 45 heavy (non-hydrogen) atoms. The summed E-state index contributed by atoms with van der Waals surface area (Å²) >= 11 is 0. The van der Waals surface area contributed by atoms with E-state index in [2.05, 4.69) is 48.5 Å². The molecule has 0 aromatic heterocycles. The van der Waals surface area contributed by atoms with Gasteiger partial charge < -0.3 is 14.9 Å². The lowest BCUT2D eigenvalue weighted by atomic mass is 9.72. The van der Waals surface area contributed by atoms with Gasteiger partial charge >= 0.3 is 5.97 Å². The molecule has 0 saturated heterocycles. The fourth-order valence-corrected chi connectivity index (χ4v) is 6.63. The van der Waals surface area contributed by atoms with Gasteiger partial charge in [-0.15, -0.1) is 0 Å². The molecule has 0 aliphatic carbocycles. The monoisotopic (exact) mass is 622 g/mol. The molecule has 2 aromatic rings. The number of aromatic hydroxyl groups is 2. The first-order valence-corrected chi connectivity index (χ1v) is 18.3. The van der Waals surface area contributed by atoms with Gasteiger partial charge in [0.05, 0.1) is 0 Å². The van der Waals surface area contributed by atoms with Crippen molar-refractivity contribution in [1.82, 2.24) is 0 Å². The maximum absolute atomic E-state index is 12.9. The van der Waals surface area contributed by atoms with Crippen molar-refractivity contribution < 1.29 is 19.7 Å². The van der Waals surface area contributed by atoms with E-state index in [1.807, 2.05) is 6.07 Å². The van der Waals surface area contributed by atoms with Crippen LogP contribution in [0.2, 0.25) is 0 Å². The molecular weight excluding hydrogens is 556 g/mol. The molecule has 0 fully saturated rings. The topological polar surface area (TPSA) is 66.8 Å². The standard InChI is InChI=1S/C41H66O4/c1-9-11-12-13-14-15-16-17-18-19-20-21-22-23-24-25-29-33-36(40(3,4)5)38(44)37(41(6,7)8)35(39(33)45-34(43)10-2)31-27-26-28-32(42)30-31/h26-28,30,42,44H,9-25,29H2,1-8H3. The van der Waals surface area contributed by atoms with E-state index in [1.165, 1.54) is 89.9 Å². The van der Waals surface area contributed by atoms with Crippen molar-refractivity contribution in [1.29, 1.82) is 0 Å². The van der Waals surface area contributed by atoms with Gasteiger partial charge in [0.15, 0.2) is 0 Å². The molecule has 0 bridgehead atoms. The van der Waals surface area contributed by atoms with Crippen molar-refractivity contribution in [2.24, 2.45) is 0 Å². The van der Waals surface area contributed by atoms with Gasteiger partial charge in [-0.1, -0.05) is 164 Å². The Balaban J connectivity index is 2.14. The quantitative estimate of drug-likeness (QED) is 0.0876. The molecule has 2 aromatic carbocycles. The van der Waals surface area contributed by atoms with Crippen LogP contribution in [0.15, 0.2) is 24.3 Å². The Kier molecular flexibility index (Phi) is 16.5. The Morgan fingerprint density at radius 3 is 1.56 bits per heavy atom. The van der Waals surface area contributed by atoms with Gasteiger partial charge in [-0.2, -0.15) is 0 Å². The lowest BCUT2D eigenvalue weighted by Gasteiger charge is -2.34. The van der Waals surface area contributed by atoms with E-state index < -0.39 is 5.41 Å². The van der Waals surface area contributed by atoms with Crippen LogP contribution in [-0.2, 0) is 22.0 Å². The van der Waals surface area contributed by atoms with E-state index in [4.69, 9.17) is 4.74 Å². The summed E-state index contributed by atoms with van der Waals surface area (Å²) in [6.07, 6.45) is 22.0. The third-order valence-electron chi connectivity index (χ3n) is 8.95. The van der Waals surface area contributed by atoms with E-state index in [1.54, 1.807) is 25.1 Å². The first kappa shape index (κ1) is 38.7. The molecule has 0 heterocycles. The van der Waals surface area contributed by atoms with Gasteiger partial charge in [-0.3, -0.25) is 4.79 Å². The molecule has 0 aliphatic rings. The molecule has 0 spiro atoms. The molecule has 0 radical (unpaired) electrons. The fourth-order valence-electron chi connectivity index (χ4n) is 6.63. The number of phenolic OH excluding ortho intramolecular Hbond substituents is 2. The average Bonchev–Trinajstić information content (AvgIpc) is 2.96. The molecule has 0 aliphatic heterocycles. The molecule has 0 unspecified atom stereocenters. The summed E-state index contributed by atoms with van der Waals surface area (Å²) in [6.45, 7) is 16.6. The number of esters is 1. The Morgan fingerprint density at radius 2 is 1.13 bits per heavy atom. The molecule has 4 heteroatoms. The van der Waals surface area contributed by atoms with Crippen LogP contribution in [0.3, 0.4) is 0 Å². The first-order chi connectivity index (χ1) is 21.3. The summed E-state index contributed by atoms with van der Waals surface area (Å²) in [5.41, 5.74) is 3.16. The number of benzene rings is 2. The van der Waals surface area contributed by atoms with Crippen molar-refractivity contribution in [3.05, 3.63) is 41.0 Å². The van der Waals surface area contributed by atoms with Crippen molar-refractivity contribution in [3.63, 3.8) is 0 Å². The van der Waals surface area contributed by atoms with Crippen molar-refractivity contribution in [2.45, 2.75) is 182 Å². The second kappa shape index (κ2) is 19.2. The van der Waals surface area contributed by atoms with Crippen molar-refractivity contribution >= 4 is 5.97 Å². The first-order valence-electron chi connectivity index (χ1n) is 18.3. The number of rotatable bonds is 20. The summed E-state index contributed by atoms with van der Waals surface area (Å²) in [4.78, 5) is 12.9. The summed E-state index contributed by atoms with van der Waals surface area (Å²) in [7, 11) is 0. The Labute approximate surface area is 276 Å². The Bertz CT molecular complexity index is 1170. The number of hydrogen-bond donors (Lipinski definition) is 2. The van der Waals surface area contributed by atoms with Crippen LogP contribution in [-0.4, -0.2) is 16.2 Å². The van der Waals surface area contributed by atoms with Gasteiger partial charge in [0.25, 0.3) is 0 Å².